The van der Waals surface area contributed by atoms with Gasteiger partial charge in [0, 0.05) is 18.1 Å². The van der Waals surface area contributed by atoms with E-state index >= 15 is 0 Å². The number of rotatable bonds is 2. The number of amides is 1. The highest BCUT2D eigenvalue weighted by atomic mass is 35.5. The number of halogens is 1. The first-order chi connectivity index (χ1) is 10.5. The first-order valence-corrected chi connectivity index (χ1v) is 7.59. The third-order valence-electron chi connectivity index (χ3n) is 3.78. The van der Waals surface area contributed by atoms with Crippen LogP contribution in [0.15, 0.2) is 24.3 Å². The molecule has 0 spiro atoms. The molecule has 7 heteroatoms. The third-order valence-corrected chi connectivity index (χ3v) is 4.04. The number of carbonyl (C=O) groups is 1. The Morgan fingerprint density at radius 2 is 1.91 bits per heavy atom. The maximum absolute atomic E-state index is 12.4. The Balaban J connectivity index is 1.82. The van der Waals surface area contributed by atoms with E-state index in [4.69, 9.17) is 11.6 Å². The Labute approximate surface area is 133 Å². The lowest BCUT2D eigenvalue weighted by molar-refractivity contribution is 0.0536. The molecule has 1 saturated heterocycles. The molecule has 2 aromatic rings. The number of hydrogen-bond donors (Lipinski definition) is 1. The van der Waals surface area contributed by atoms with Gasteiger partial charge in [0.2, 0.25) is 5.82 Å². The maximum Gasteiger partial charge on any atom is 0.293 e. The van der Waals surface area contributed by atoms with Gasteiger partial charge in [-0.15, -0.1) is 5.10 Å². The number of likely N-dealkylation sites (tertiary alicyclic amines) is 1. The Morgan fingerprint density at radius 1 is 1.27 bits per heavy atom. The minimum absolute atomic E-state index is 0.184. The highest BCUT2D eigenvalue weighted by Crippen LogP contribution is 2.16. The van der Waals surface area contributed by atoms with Gasteiger partial charge >= 0.3 is 0 Å². The highest BCUT2D eigenvalue weighted by molar-refractivity contribution is 6.30. The van der Waals surface area contributed by atoms with E-state index in [-0.39, 0.29) is 17.8 Å². The van der Waals surface area contributed by atoms with E-state index in [1.807, 2.05) is 12.1 Å². The molecule has 0 atom stereocenters. The van der Waals surface area contributed by atoms with Crippen LogP contribution >= 0.6 is 11.6 Å². The van der Waals surface area contributed by atoms with E-state index in [9.17, 15) is 9.90 Å². The van der Waals surface area contributed by atoms with Crippen LogP contribution < -0.4 is 0 Å². The standard InChI is InChI=1S/C15H17ClN4O2/c1-10-17-14(15(22)19-8-6-13(21)7-9-19)18-20(10)12-4-2-11(16)3-5-12/h2-5,13,21H,6-9H2,1H3. The van der Waals surface area contributed by atoms with Gasteiger partial charge in [-0.3, -0.25) is 4.79 Å². The monoisotopic (exact) mass is 320 g/mol. The summed E-state index contributed by atoms with van der Waals surface area (Å²) in [5.41, 5.74) is 0.808. The zero-order chi connectivity index (χ0) is 15.7. The van der Waals surface area contributed by atoms with E-state index < -0.39 is 0 Å². The quantitative estimate of drug-likeness (QED) is 0.916. The minimum atomic E-state index is -0.314. The van der Waals surface area contributed by atoms with Crippen molar-refractivity contribution >= 4 is 17.5 Å². The molecule has 1 aliphatic heterocycles. The second-order valence-electron chi connectivity index (χ2n) is 5.39. The average molecular weight is 321 g/mol. The summed E-state index contributed by atoms with van der Waals surface area (Å²) in [5, 5.41) is 14.5. The smallest absolute Gasteiger partial charge is 0.293 e. The van der Waals surface area contributed by atoms with Crippen molar-refractivity contribution in [3.63, 3.8) is 0 Å². The van der Waals surface area contributed by atoms with Crippen molar-refractivity contribution in [3.8, 4) is 5.69 Å². The SMILES string of the molecule is Cc1nc(C(=O)N2CCC(O)CC2)nn1-c1ccc(Cl)cc1. The van der Waals surface area contributed by atoms with Crippen molar-refractivity contribution in [2.24, 2.45) is 0 Å². The Morgan fingerprint density at radius 3 is 2.55 bits per heavy atom. The van der Waals surface area contributed by atoms with Crippen LogP contribution in [0.5, 0.6) is 0 Å². The van der Waals surface area contributed by atoms with Gasteiger partial charge in [-0.1, -0.05) is 11.6 Å². The summed E-state index contributed by atoms with van der Waals surface area (Å²) >= 11 is 5.88. The molecular formula is C15H17ClN4O2. The van der Waals surface area contributed by atoms with Gasteiger partial charge in [0.15, 0.2) is 0 Å². The molecule has 0 radical (unpaired) electrons. The molecule has 6 nitrogen and oxygen atoms in total. The molecule has 1 aliphatic rings. The second-order valence-corrected chi connectivity index (χ2v) is 5.83. The maximum atomic E-state index is 12.4. The largest absolute Gasteiger partial charge is 0.393 e. The number of aliphatic hydroxyl groups is 1. The van der Waals surface area contributed by atoms with Crippen molar-refractivity contribution in [3.05, 3.63) is 40.9 Å². The fraction of sp³-hybridized carbons (Fsp3) is 0.400. The number of benzene rings is 1. The molecule has 1 amide bonds. The lowest BCUT2D eigenvalue weighted by Gasteiger charge is -2.28. The van der Waals surface area contributed by atoms with Gasteiger partial charge in [-0.05, 0) is 44.0 Å². The van der Waals surface area contributed by atoms with Crippen molar-refractivity contribution in [2.75, 3.05) is 13.1 Å². The van der Waals surface area contributed by atoms with Gasteiger partial charge in [0.25, 0.3) is 5.91 Å². The predicted molar refractivity (Wildman–Crippen MR) is 82.3 cm³/mol. The summed E-state index contributed by atoms with van der Waals surface area (Å²) in [6.07, 6.45) is 0.885. The van der Waals surface area contributed by atoms with Crippen LogP contribution in [-0.2, 0) is 0 Å². The number of aromatic nitrogens is 3. The van der Waals surface area contributed by atoms with Crippen LogP contribution in [0.4, 0.5) is 0 Å². The number of nitrogens with zero attached hydrogens (tertiary/aromatic N) is 4. The molecular weight excluding hydrogens is 304 g/mol. The van der Waals surface area contributed by atoms with Crippen LogP contribution in [0.1, 0.15) is 29.3 Å². The molecule has 3 rings (SSSR count). The van der Waals surface area contributed by atoms with Crippen molar-refractivity contribution < 1.29 is 9.90 Å². The molecule has 1 fully saturated rings. The highest BCUT2D eigenvalue weighted by Gasteiger charge is 2.25. The van der Waals surface area contributed by atoms with E-state index in [0.717, 1.165) is 5.69 Å². The molecule has 0 saturated carbocycles. The number of piperidine rings is 1. The van der Waals surface area contributed by atoms with Crippen LogP contribution in [-0.4, -0.2) is 49.9 Å². The summed E-state index contributed by atoms with van der Waals surface area (Å²) < 4.78 is 1.63. The van der Waals surface area contributed by atoms with Crippen LogP contribution in [0.25, 0.3) is 5.69 Å². The molecule has 1 aromatic heterocycles. The topological polar surface area (TPSA) is 71.2 Å². The number of aliphatic hydroxyl groups excluding tert-OH is 1. The lowest BCUT2D eigenvalue weighted by Crippen LogP contribution is -2.40. The van der Waals surface area contributed by atoms with Gasteiger partial charge in [0.1, 0.15) is 5.82 Å². The summed E-state index contributed by atoms with van der Waals surface area (Å²) in [5.74, 6) is 0.634. The van der Waals surface area contributed by atoms with Crippen molar-refractivity contribution in [2.45, 2.75) is 25.9 Å². The predicted octanol–water partition coefficient (Wildman–Crippen LogP) is 1.83. The first-order valence-electron chi connectivity index (χ1n) is 7.21. The zero-order valence-electron chi connectivity index (χ0n) is 12.2. The van der Waals surface area contributed by atoms with Gasteiger partial charge < -0.3 is 10.0 Å². The van der Waals surface area contributed by atoms with E-state index in [1.54, 1.807) is 28.6 Å². The lowest BCUT2D eigenvalue weighted by atomic mass is 10.1. The summed E-state index contributed by atoms with van der Waals surface area (Å²) in [7, 11) is 0. The average Bonchev–Trinajstić information content (AvgIpc) is 2.90. The summed E-state index contributed by atoms with van der Waals surface area (Å²) in [4.78, 5) is 18.4. The zero-order valence-corrected chi connectivity index (χ0v) is 13.0. The molecule has 1 N–H and O–H groups in total. The third kappa shape index (κ3) is 2.98. The number of hydrogen-bond acceptors (Lipinski definition) is 4. The number of carbonyl (C=O) groups excluding carboxylic acids is 1. The Bertz CT molecular complexity index is 675. The van der Waals surface area contributed by atoms with E-state index in [2.05, 4.69) is 10.1 Å². The van der Waals surface area contributed by atoms with Crippen LogP contribution in [0.3, 0.4) is 0 Å². The van der Waals surface area contributed by atoms with Crippen LogP contribution in [0.2, 0.25) is 5.02 Å². The summed E-state index contributed by atoms with van der Waals surface area (Å²) in [6.45, 7) is 2.88. The molecule has 0 bridgehead atoms. The first kappa shape index (κ1) is 15.0. The van der Waals surface area contributed by atoms with Crippen molar-refractivity contribution in [1.82, 2.24) is 19.7 Å². The molecule has 2 heterocycles. The number of aryl methyl sites for hydroxylation is 1. The molecule has 0 unspecified atom stereocenters. The normalized spacial score (nSPS) is 16.0. The minimum Gasteiger partial charge on any atom is -0.393 e. The van der Waals surface area contributed by atoms with E-state index in [0.29, 0.717) is 36.8 Å². The van der Waals surface area contributed by atoms with E-state index in [1.165, 1.54) is 0 Å². The fourth-order valence-corrected chi connectivity index (χ4v) is 2.64. The van der Waals surface area contributed by atoms with Gasteiger partial charge in [0.05, 0.1) is 11.8 Å². The molecule has 22 heavy (non-hydrogen) atoms. The Hall–Kier alpha value is -1.92. The Kier molecular flexibility index (Phi) is 4.13. The summed E-state index contributed by atoms with van der Waals surface area (Å²) in [6, 6.07) is 7.20. The molecule has 0 aliphatic carbocycles. The molecule has 116 valence electrons. The fourth-order valence-electron chi connectivity index (χ4n) is 2.52. The molecule has 1 aromatic carbocycles. The van der Waals surface area contributed by atoms with Crippen LogP contribution in [0, 0.1) is 6.92 Å². The van der Waals surface area contributed by atoms with Crippen molar-refractivity contribution in [1.29, 1.82) is 0 Å². The van der Waals surface area contributed by atoms with Gasteiger partial charge in [-0.2, -0.15) is 0 Å². The second kappa shape index (κ2) is 6.06. The van der Waals surface area contributed by atoms with Gasteiger partial charge in [-0.25, -0.2) is 9.67 Å².